The fraction of sp³-hybridized carbons (Fsp3) is 0.688. The molecule has 6 heteroatoms. The number of carboxylic acids is 1. The van der Waals surface area contributed by atoms with Crippen molar-refractivity contribution in [3.8, 4) is 0 Å². The lowest BCUT2D eigenvalue weighted by molar-refractivity contribution is -0.159. The quantitative estimate of drug-likeness (QED) is 0.887. The Kier molecular flexibility index (Phi) is 3.29. The molecule has 2 saturated heterocycles. The molecule has 0 aromatic carbocycles. The molecular weight excluding hydrogens is 282 g/mol. The molecule has 1 aromatic rings. The predicted octanol–water partition coefficient (Wildman–Crippen LogP) is 1.28. The summed E-state index contributed by atoms with van der Waals surface area (Å²) >= 11 is 0. The first kappa shape index (κ1) is 13.9. The Labute approximate surface area is 129 Å². The van der Waals surface area contributed by atoms with E-state index in [-0.39, 0.29) is 5.92 Å². The van der Waals surface area contributed by atoms with Crippen LogP contribution < -0.4 is 4.90 Å². The second-order valence-electron chi connectivity index (χ2n) is 6.73. The van der Waals surface area contributed by atoms with Gasteiger partial charge in [-0.2, -0.15) is 0 Å². The highest BCUT2D eigenvalue weighted by molar-refractivity contribution is 5.77. The zero-order valence-electron chi connectivity index (χ0n) is 12.6. The van der Waals surface area contributed by atoms with E-state index in [1.165, 1.54) is 18.4 Å². The largest absolute Gasteiger partial charge is 0.481 e. The van der Waals surface area contributed by atoms with Crippen molar-refractivity contribution < 1.29 is 14.6 Å². The molecule has 118 valence electrons. The van der Waals surface area contributed by atoms with Crippen LogP contribution in [0.25, 0.3) is 0 Å². The van der Waals surface area contributed by atoms with Gasteiger partial charge in [0.2, 0.25) is 5.95 Å². The third-order valence-electron chi connectivity index (χ3n) is 5.43. The van der Waals surface area contributed by atoms with E-state index in [2.05, 4.69) is 4.98 Å². The first-order valence-electron chi connectivity index (χ1n) is 8.10. The Morgan fingerprint density at radius 3 is 3.09 bits per heavy atom. The first-order chi connectivity index (χ1) is 10.7. The second-order valence-corrected chi connectivity index (χ2v) is 6.73. The number of ether oxygens (including phenoxy) is 1. The number of rotatable bonds is 2. The van der Waals surface area contributed by atoms with Gasteiger partial charge < -0.3 is 14.7 Å². The van der Waals surface area contributed by atoms with Gasteiger partial charge in [0.25, 0.3) is 0 Å². The van der Waals surface area contributed by atoms with Gasteiger partial charge in [-0.05, 0) is 43.6 Å². The first-order valence-corrected chi connectivity index (χ1v) is 8.10. The lowest BCUT2D eigenvalue weighted by Crippen LogP contribution is -2.46. The average Bonchev–Trinajstić information content (AvgIpc) is 2.95. The molecule has 22 heavy (non-hydrogen) atoms. The number of nitrogens with zero attached hydrogens (tertiary/aromatic N) is 3. The molecule has 1 aromatic heterocycles. The molecule has 0 spiro atoms. The molecule has 0 amide bonds. The normalized spacial score (nSPS) is 30.7. The summed E-state index contributed by atoms with van der Waals surface area (Å²) in [5, 5.41) is 9.71. The number of carbonyl (C=O) groups is 1. The minimum absolute atomic E-state index is 0.124. The fourth-order valence-corrected chi connectivity index (χ4v) is 4.06. The van der Waals surface area contributed by atoms with Crippen LogP contribution in [-0.4, -0.2) is 47.3 Å². The van der Waals surface area contributed by atoms with Gasteiger partial charge in [0.15, 0.2) is 0 Å². The van der Waals surface area contributed by atoms with Crippen LogP contribution in [0.5, 0.6) is 0 Å². The molecule has 3 heterocycles. The van der Waals surface area contributed by atoms with E-state index in [0.29, 0.717) is 32.3 Å². The highest BCUT2D eigenvalue weighted by Gasteiger charge is 2.54. The minimum atomic E-state index is -0.794. The molecule has 0 radical (unpaired) electrons. The number of hydrogen-bond donors (Lipinski definition) is 1. The van der Waals surface area contributed by atoms with Crippen molar-refractivity contribution in [2.24, 2.45) is 11.3 Å². The molecule has 2 fully saturated rings. The van der Waals surface area contributed by atoms with E-state index in [0.717, 1.165) is 25.0 Å². The number of carboxylic acid groups (broad SMARTS) is 1. The van der Waals surface area contributed by atoms with Crippen LogP contribution in [-0.2, 0) is 22.4 Å². The lowest BCUT2D eigenvalue weighted by Gasteiger charge is -2.33. The minimum Gasteiger partial charge on any atom is -0.481 e. The summed E-state index contributed by atoms with van der Waals surface area (Å²) < 4.78 is 5.47. The second kappa shape index (κ2) is 5.19. The SMILES string of the molecule is O=C(O)[C@]12COCC[C@H]1CN(c1ncc3c(n1)CCCC3)C2. The van der Waals surface area contributed by atoms with E-state index in [4.69, 9.17) is 9.72 Å². The molecule has 1 N–H and O–H groups in total. The summed E-state index contributed by atoms with van der Waals surface area (Å²) in [5.41, 5.74) is 1.60. The summed E-state index contributed by atoms with van der Waals surface area (Å²) in [5.74, 6) is 0.0618. The maximum atomic E-state index is 11.8. The van der Waals surface area contributed by atoms with Crippen molar-refractivity contribution in [2.75, 3.05) is 31.2 Å². The lowest BCUT2D eigenvalue weighted by atomic mass is 9.76. The van der Waals surface area contributed by atoms with Gasteiger partial charge in [0.1, 0.15) is 5.41 Å². The van der Waals surface area contributed by atoms with E-state index < -0.39 is 11.4 Å². The highest BCUT2D eigenvalue weighted by atomic mass is 16.5. The topological polar surface area (TPSA) is 75.6 Å². The summed E-state index contributed by atoms with van der Waals surface area (Å²) in [6, 6.07) is 0. The Hall–Kier alpha value is -1.69. The fourth-order valence-electron chi connectivity index (χ4n) is 4.06. The van der Waals surface area contributed by atoms with Crippen molar-refractivity contribution >= 4 is 11.9 Å². The molecular formula is C16H21N3O3. The van der Waals surface area contributed by atoms with Gasteiger partial charge in [0, 0.05) is 31.6 Å². The number of aromatic nitrogens is 2. The summed E-state index contributed by atoms with van der Waals surface area (Å²) in [6.07, 6.45) is 7.19. The zero-order chi connectivity index (χ0) is 15.2. The smallest absolute Gasteiger partial charge is 0.314 e. The van der Waals surface area contributed by atoms with Crippen LogP contribution in [0.2, 0.25) is 0 Å². The average molecular weight is 303 g/mol. The van der Waals surface area contributed by atoms with Crippen molar-refractivity contribution in [2.45, 2.75) is 32.1 Å². The molecule has 0 bridgehead atoms. The Balaban J connectivity index is 1.63. The summed E-state index contributed by atoms with van der Waals surface area (Å²) in [6.45, 7) is 2.12. The summed E-state index contributed by atoms with van der Waals surface area (Å²) in [7, 11) is 0. The molecule has 0 saturated carbocycles. The number of hydrogen-bond acceptors (Lipinski definition) is 5. The van der Waals surface area contributed by atoms with E-state index in [1.54, 1.807) is 0 Å². The van der Waals surface area contributed by atoms with Crippen LogP contribution >= 0.6 is 0 Å². The number of fused-ring (bicyclic) bond motifs is 2. The third-order valence-corrected chi connectivity index (χ3v) is 5.43. The Morgan fingerprint density at radius 1 is 1.41 bits per heavy atom. The molecule has 3 aliphatic rings. The van der Waals surface area contributed by atoms with Crippen LogP contribution in [0.3, 0.4) is 0 Å². The van der Waals surface area contributed by atoms with Crippen LogP contribution in [0.15, 0.2) is 6.20 Å². The van der Waals surface area contributed by atoms with E-state index in [9.17, 15) is 9.90 Å². The van der Waals surface area contributed by atoms with Crippen molar-refractivity contribution in [1.82, 2.24) is 9.97 Å². The van der Waals surface area contributed by atoms with Gasteiger partial charge in [-0.1, -0.05) is 0 Å². The molecule has 1 aliphatic carbocycles. The maximum absolute atomic E-state index is 11.8. The summed E-state index contributed by atoms with van der Waals surface area (Å²) in [4.78, 5) is 23.1. The Morgan fingerprint density at radius 2 is 2.27 bits per heavy atom. The number of aryl methyl sites for hydroxylation is 2. The molecule has 2 aliphatic heterocycles. The monoisotopic (exact) mass is 303 g/mol. The maximum Gasteiger partial charge on any atom is 0.314 e. The van der Waals surface area contributed by atoms with Crippen LogP contribution in [0.1, 0.15) is 30.5 Å². The zero-order valence-corrected chi connectivity index (χ0v) is 12.6. The molecule has 4 rings (SSSR count). The van der Waals surface area contributed by atoms with E-state index >= 15 is 0 Å². The predicted molar refractivity (Wildman–Crippen MR) is 79.9 cm³/mol. The van der Waals surface area contributed by atoms with Crippen molar-refractivity contribution in [1.29, 1.82) is 0 Å². The molecule has 6 nitrogen and oxygen atoms in total. The van der Waals surface area contributed by atoms with Crippen LogP contribution in [0.4, 0.5) is 5.95 Å². The standard InChI is InChI=1S/C16H21N3O3/c20-14(21)16-9-19(8-12(16)5-6-22-10-16)15-17-7-11-3-1-2-4-13(11)18-15/h7,12H,1-6,8-10H2,(H,20,21)/t12-,16+/m0/s1. The van der Waals surface area contributed by atoms with Gasteiger partial charge in [-0.3, -0.25) is 4.79 Å². The third kappa shape index (κ3) is 2.08. The number of anilines is 1. The van der Waals surface area contributed by atoms with Gasteiger partial charge in [0.05, 0.1) is 6.61 Å². The van der Waals surface area contributed by atoms with Crippen molar-refractivity contribution in [3.05, 3.63) is 17.5 Å². The molecule has 2 atom stereocenters. The van der Waals surface area contributed by atoms with Crippen LogP contribution in [0, 0.1) is 11.3 Å². The van der Waals surface area contributed by atoms with Gasteiger partial charge >= 0.3 is 5.97 Å². The highest BCUT2D eigenvalue weighted by Crippen LogP contribution is 2.42. The van der Waals surface area contributed by atoms with Crippen molar-refractivity contribution in [3.63, 3.8) is 0 Å². The molecule has 0 unspecified atom stereocenters. The van der Waals surface area contributed by atoms with Gasteiger partial charge in [-0.15, -0.1) is 0 Å². The van der Waals surface area contributed by atoms with Gasteiger partial charge in [-0.25, -0.2) is 9.97 Å². The van der Waals surface area contributed by atoms with E-state index in [1.807, 2.05) is 11.1 Å². The number of aliphatic carboxylic acids is 1. The Bertz CT molecular complexity index is 606.